The van der Waals surface area contributed by atoms with E-state index in [-0.39, 0.29) is 69.5 Å². The lowest BCUT2D eigenvalue weighted by Crippen LogP contribution is -2.58. The van der Waals surface area contributed by atoms with E-state index in [0.29, 0.717) is 31.8 Å². The summed E-state index contributed by atoms with van der Waals surface area (Å²) in [6, 6.07) is 22.6. The summed E-state index contributed by atoms with van der Waals surface area (Å²) in [7, 11) is 0. The Labute approximate surface area is 428 Å². The van der Waals surface area contributed by atoms with Crippen molar-refractivity contribution < 1.29 is 33.4 Å². The topological polar surface area (TPSA) is 203 Å². The van der Waals surface area contributed by atoms with Crippen LogP contribution in [-0.4, -0.2) is 147 Å². The maximum absolute atomic E-state index is 14.1. The van der Waals surface area contributed by atoms with Crippen molar-refractivity contribution in [1.29, 1.82) is 0 Å². The van der Waals surface area contributed by atoms with Gasteiger partial charge in [-0.1, -0.05) is 63.2 Å². The minimum atomic E-state index is -1.00. The molecule has 3 fully saturated rings. The number of carbonyl (C=O) groups is 4. The van der Waals surface area contributed by atoms with E-state index in [1.165, 1.54) is 11.0 Å². The number of ether oxygens (including phenoxy) is 1. The smallest absolute Gasteiger partial charge is 0.246 e. The first-order valence-corrected chi connectivity index (χ1v) is 25.8. The van der Waals surface area contributed by atoms with E-state index >= 15 is 0 Å². The van der Waals surface area contributed by atoms with Crippen LogP contribution in [-0.2, 0) is 30.5 Å². The lowest BCUT2D eigenvalue weighted by atomic mass is 9.85. The van der Waals surface area contributed by atoms with Crippen LogP contribution in [0.4, 0.5) is 16.0 Å². The number of nitrogens with zero attached hydrogens (tertiary/aromatic N) is 9. The molecule has 3 saturated heterocycles. The fraction of sp³-hybridized carbons (Fsp3) is 0.434. The van der Waals surface area contributed by atoms with Crippen molar-refractivity contribution in [3.8, 4) is 21.8 Å². The molecule has 0 saturated carbocycles. The molecule has 3 aliphatic heterocycles. The van der Waals surface area contributed by atoms with Crippen molar-refractivity contribution in [3.05, 3.63) is 113 Å². The number of nitrogens with one attached hydrogen (secondary N) is 3. The maximum atomic E-state index is 14.1. The minimum Gasteiger partial charge on any atom is -0.391 e. The lowest BCUT2D eigenvalue weighted by molar-refractivity contribution is -0.144. The number of aliphatic hydroxyl groups excluding tert-OH is 1. The molecule has 18 nitrogen and oxygen atoms in total. The van der Waals surface area contributed by atoms with E-state index in [1.54, 1.807) is 29.7 Å². The van der Waals surface area contributed by atoms with Gasteiger partial charge in [-0.25, -0.2) is 23.9 Å². The molecule has 4 amide bonds. The molecule has 6 aromatic rings. The van der Waals surface area contributed by atoms with Crippen molar-refractivity contribution in [2.24, 2.45) is 5.41 Å². The first-order valence-electron chi connectivity index (χ1n) is 24.9. The van der Waals surface area contributed by atoms with Crippen LogP contribution in [0.1, 0.15) is 62.9 Å². The highest BCUT2D eigenvalue weighted by Crippen LogP contribution is 2.36. The number of β-amino-alcohol motifs (C(OH)–C–C–N with tert-alkyl or cyclic N) is 1. The summed E-state index contributed by atoms with van der Waals surface area (Å²) in [4.78, 5) is 76.5. The minimum absolute atomic E-state index is 0.0327. The number of benzene rings is 2. The van der Waals surface area contributed by atoms with Gasteiger partial charge in [-0.15, -0.1) is 16.4 Å². The van der Waals surface area contributed by atoms with Crippen molar-refractivity contribution in [3.63, 3.8) is 0 Å². The quantitative estimate of drug-likeness (QED) is 0.0912. The summed E-state index contributed by atoms with van der Waals surface area (Å²) in [6.45, 7) is 11.2. The van der Waals surface area contributed by atoms with Crippen LogP contribution in [0.5, 0.6) is 0 Å². The number of aryl methyl sites for hydroxylation is 1. The third-order valence-corrected chi connectivity index (χ3v) is 14.7. The third kappa shape index (κ3) is 12.2. The van der Waals surface area contributed by atoms with E-state index in [1.807, 2.05) is 98.4 Å². The Morgan fingerprint density at radius 3 is 2.47 bits per heavy atom. The summed E-state index contributed by atoms with van der Waals surface area (Å²) >= 11 is 1.57. The SMILES string of the molecule is Cc1ncsc1-c1ccc(CNC(=O)[C@@H]2C[C@@H](O)CN2C(=O)[C@@H](NC(=O)COCCNC(=O)CN2CCN(c3cccc(-c4cnc5ccc(N6CCC[C@@H]6c6cccc(F)c6)nn45)n3)CC2)C(C)(C)C)cc1. The maximum Gasteiger partial charge on any atom is 0.246 e. The molecule has 4 atom stereocenters. The van der Waals surface area contributed by atoms with Crippen LogP contribution in [0.25, 0.3) is 27.5 Å². The highest BCUT2D eigenvalue weighted by molar-refractivity contribution is 7.13. The standard InChI is InChI=1S/C53H63FN12O6S/c1-34-49(73-33-58-34)36-15-13-35(14-16-36)28-57-51(70)42-27-39(67)30-65(42)52(71)50(53(2,3)4)60-48(69)32-72-25-19-55-47(68)31-62-21-23-63(24-22-62)45-12-6-10-40(59-45)43-29-56-44-17-18-46(61-66(43)44)64-20-7-11-41(64)37-8-5-9-38(54)26-37/h5-6,8-10,12-18,26,29,33,39,41-42,50,67H,7,11,19-25,27-28,30-32H2,1-4H3,(H,55,68)(H,57,70)(H,60,69)/t39-,41-,42+,50-/m1/s1. The summed E-state index contributed by atoms with van der Waals surface area (Å²) in [5, 5.41) is 24.2. The zero-order valence-electron chi connectivity index (χ0n) is 41.7. The zero-order valence-corrected chi connectivity index (χ0v) is 42.5. The van der Waals surface area contributed by atoms with Crippen molar-refractivity contribution in [2.45, 2.75) is 77.7 Å². The lowest BCUT2D eigenvalue weighted by Gasteiger charge is -2.35. The average Bonchev–Trinajstić information content (AvgIpc) is 4.22. The van der Waals surface area contributed by atoms with Gasteiger partial charge in [0.05, 0.1) is 53.3 Å². The number of hydrogen-bond acceptors (Lipinski definition) is 14. The average molecular weight is 1020 g/mol. The van der Waals surface area contributed by atoms with Gasteiger partial charge in [-0.3, -0.25) is 24.1 Å². The summed E-state index contributed by atoms with van der Waals surface area (Å²) in [5.74, 6) is -0.172. The number of halogens is 1. The number of aromatic nitrogens is 5. The Morgan fingerprint density at radius 2 is 1.71 bits per heavy atom. The number of piperazine rings is 1. The Balaban J connectivity index is 0.701. The fourth-order valence-electron chi connectivity index (χ4n) is 9.84. The number of hydrogen-bond donors (Lipinski definition) is 4. The number of fused-ring (bicyclic) bond motifs is 1. The van der Waals surface area contributed by atoms with Crippen LogP contribution in [0.15, 0.2) is 90.6 Å². The number of aliphatic hydroxyl groups is 1. The van der Waals surface area contributed by atoms with Gasteiger partial charge >= 0.3 is 0 Å². The Kier molecular flexibility index (Phi) is 15.7. The van der Waals surface area contributed by atoms with Crippen LogP contribution in [0.2, 0.25) is 0 Å². The molecule has 7 heterocycles. The first kappa shape index (κ1) is 51.0. The number of pyridine rings is 1. The number of carbonyl (C=O) groups excluding carboxylic acids is 4. The third-order valence-electron chi connectivity index (χ3n) is 13.7. The van der Waals surface area contributed by atoms with Gasteiger partial charge in [0.1, 0.15) is 41.8 Å². The Hall–Kier alpha value is -6.87. The van der Waals surface area contributed by atoms with Crippen LogP contribution >= 0.6 is 11.3 Å². The Bertz CT molecular complexity index is 2920. The highest BCUT2D eigenvalue weighted by atomic mass is 32.1. The van der Waals surface area contributed by atoms with Crippen molar-refractivity contribution in [2.75, 3.05) is 75.4 Å². The molecule has 0 spiro atoms. The molecule has 4 N–H and O–H groups in total. The van der Waals surface area contributed by atoms with Gasteiger partial charge in [0.25, 0.3) is 0 Å². The molecule has 20 heteroatoms. The van der Waals surface area contributed by atoms with Gasteiger partial charge in [0, 0.05) is 58.8 Å². The van der Waals surface area contributed by atoms with E-state index < -0.39 is 35.4 Å². The zero-order chi connectivity index (χ0) is 51.2. The molecule has 4 aromatic heterocycles. The number of rotatable bonds is 17. The molecule has 0 aliphatic carbocycles. The van der Waals surface area contributed by atoms with Gasteiger partial charge in [0.15, 0.2) is 5.65 Å². The van der Waals surface area contributed by atoms with Crippen LogP contribution < -0.4 is 25.8 Å². The van der Waals surface area contributed by atoms with Gasteiger partial charge in [0.2, 0.25) is 23.6 Å². The Morgan fingerprint density at radius 1 is 0.918 bits per heavy atom. The van der Waals surface area contributed by atoms with Gasteiger partial charge in [-0.2, -0.15) is 0 Å². The summed E-state index contributed by atoms with van der Waals surface area (Å²) in [5.41, 5.74) is 7.09. The van der Waals surface area contributed by atoms with E-state index in [9.17, 15) is 28.7 Å². The number of thiazole rings is 1. The van der Waals surface area contributed by atoms with Crippen LogP contribution in [0, 0.1) is 18.2 Å². The molecule has 3 aliphatic rings. The monoisotopic (exact) mass is 1010 g/mol. The number of anilines is 2. The van der Waals surface area contributed by atoms with Gasteiger partial charge < -0.3 is 40.5 Å². The first-order chi connectivity index (χ1) is 35.2. The second-order valence-corrected chi connectivity index (χ2v) is 20.9. The molecule has 0 radical (unpaired) electrons. The molecule has 0 bridgehead atoms. The van der Waals surface area contributed by atoms with E-state index in [2.05, 4.69) is 40.6 Å². The summed E-state index contributed by atoms with van der Waals surface area (Å²) in [6.07, 6.45) is 2.87. The van der Waals surface area contributed by atoms with Crippen molar-refractivity contribution in [1.82, 2.24) is 50.3 Å². The molecule has 9 rings (SSSR count). The fourth-order valence-corrected chi connectivity index (χ4v) is 10.7. The molecular formula is C53H63FN12O6S. The number of amides is 4. The summed E-state index contributed by atoms with van der Waals surface area (Å²) < 4.78 is 21.6. The molecule has 73 heavy (non-hydrogen) atoms. The molecule has 2 aromatic carbocycles. The molecule has 0 unspecified atom stereocenters. The predicted octanol–water partition coefficient (Wildman–Crippen LogP) is 4.77. The van der Waals surface area contributed by atoms with E-state index in [0.717, 1.165) is 69.7 Å². The largest absolute Gasteiger partial charge is 0.391 e. The second-order valence-electron chi connectivity index (χ2n) is 20.0. The number of likely N-dealkylation sites (tertiary alicyclic amines) is 1. The van der Waals surface area contributed by atoms with Crippen LogP contribution in [0.3, 0.4) is 0 Å². The number of imidazole rings is 1. The van der Waals surface area contributed by atoms with Gasteiger partial charge in [-0.05, 0) is 78.3 Å². The predicted molar refractivity (Wildman–Crippen MR) is 276 cm³/mol. The van der Waals surface area contributed by atoms with E-state index in [4.69, 9.17) is 14.8 Å². The molecular weight excluding hydrogens is 952 g/mol. The van der Waals surface area contributed by atoms with Crippen molar-refractivity contribution >= 4 is 52.2 Å². The second kappa shape index (κ2) is 22.5. The highest BCUT2D eigenvalue weighted by Gasteiger charge is 2.44. The normalized spacial score (nSPS) is 18.8. The molecule has 384 valence electrons.